The van der Waals surface area contributed by atoms with Gasteiger partial charge in [-0.3, -0.25) is 9.59 Å². The van der Waals surface area contributed by atoms with Gasteiger partial charge in [0.1, 0.15) is 12.6 Å². The van der Waals surface area contributed by atoms with Crippen molar-refractivity contribution < 1.29 is 38.2 Å². The maximum Gasteiger partial charge on any atom is 0.306 e. The first-order chi connectivity index (χ1) is 26.6. The van der Waals surface area contributed by atoms with Crippen LogP contribution in [0.1, 0.15) is 168 Å². The van der Waals surface area contributed by atoms with Crippen molar-refractivity contribution in [1.29, 1.82) is 0 Å². The first-order valence-corrected chi connectivity index (χ1v) is 21.8. The number of aliphatic carboxylic acids is 1. The second kappa shape index (κ2) is 37.9. The van der Waals surface area contributed by atoms with E-state index in [1.807, 2.05) is 0 Å². The number of hydrogen-bond acceptors (Lipinski definition) is 7. The number of carboxylic acid groups (broad SMARTS) is 1. The molecule has 0 fully saturated rings. The predicted molar refractivity (Wildman–Crippen MR) is 226 cm³/mol. The van der Waals surface area contributed by atoms with Crippen LogP contribution >= 0.6 is 0 Å². The minimum absolute atomic E-state index is 0.0156. The topological polar surface area (TPSA) is 102 Å². The zero-order valence-corrected chi connectivity index (χ0v) is 35.8. The molecule has 55 heavy (non-hydrogen) atoms. The Morgan fingerprint density at radius 1 is 0.545 bits per heavy atom. The van der Waals surface area contributed by atoms with Crippen molar-refractivity contribution in [2.24, 2.45) is 0 Å². The number of unbranched alkanes of at least 4 members (excludes halogenated alkanes) is 14. The molecule has 316 valence electrons. The lowest BCUT2D eigenvalue weighted by Crippen LogP contribution is -2.55. The van der Waals surface area contributed by atoms with Crippen LogP contribution in [-0.2, 0) is 28.6 Å². The molecule has 0 aromatic rings. The first-order valence-electron chi connectivity index (χ1n) is 21.8. The molecule has 0 aliphatic heterocycles. The van der Waals surface area contributed by atoms with Gasteiger partial charge in [-0.2, -0.15) is 0 Å². The van der Waals surface area contributed by atoms with Crippen LogP contribution in [0.25, 0.3) is 0 Å². The quantitative estimate of drug-likeness (QED) is 0.0266. The largest absolute Gasteiger partial charge is 0.544 e. The Balaban J connectivity index is 4.48. The molecule has 2 unspecified atom stereocenters. The number of hydrogen-bond donors (Lipinski definition) is 0. The van der Waals surface area contributed by atoms with Crippen molar-refractivity contribution in [3.05, 3.63) is 60.8 Å². The number of likely N-dealkylation sites (N-methyl/N-ethyl adjacent to an activating group) is 1. The van der Waals surface area contributed by atoms with Gasteiger partial charge in [0, 0.05) is 19.3 Å². The zero-order valence-electron chi connectivity index (χ0n) is 35.8. The van der Waals surface area contributed by atoms with E-state index >= 15 is 0 Å². The molecule has 8 nitrogen and oxygen atoms in total. The minimum Gasteiger partial charge on any atom is -0.544 e. The number of rotatable bonds is 38. The summed E-state index contributed by atoms with van der Waals surface area (Å²) in [5.74, 6) is -1.83. The molecular weight excluding hydrogens is 691 g/mol. The molecule has 0 aliphatic rings. The fraction of sp³-hybridized carbons (Fsp3) is 0.723. The van der Waals surface area contributed by atoms with Gasteiger partial charge >= 0.3 is 11.9 Å². The molecule has 0 aliphatic carbocycles. The third-order valence-corrected chi connectivity index (χ3v) is 9.38. The normalized spacial score (nSPS) is 13.5. The molecule has 0 saturated carbocycles. The lowest BCUT2D eigenvalue weighted by atomic mass is 10.1. The molecule has 0 aromatic heterocycles. The SMILES string of the molecule is CCCCC/C=C/C/C=C/C/C=C/C/C=C/CCCC(=O)OCC(COCCC(C(=O)[O-])[N+](C)(C)C)OC(=O)CCCCC/C=C/CCCCCCCCC. The first kappa shape index (κ1) is 52.0. The van der Waals surface area contributed by atoms with Crippen molar-refractivity contribution in [3.63, 3.8) is 0 Å². The molecule has 0 N–H and O–H groups in total. The number of quaternary nitrogens is 1. The standard InChI is InChI=1S/C47H81NO7/c1-6-8-10-12-14-16-18-20-22-23-24-26-27-29-31-33-35-37-45(49)54-42-43(41-53-40-39-44(47(51)52)48(3,4)5)55-46(50)38-36-34-32-30-28-25-21-19-17-15-13-11-9-7-2/h14,16,20,22,24-26,28-29,31,43-44H,6-13,15,17-19,21,23,27,30,32-42H2,1-5H3/b16-14+,22-20+,26-24+,28-25+,31-29+. The average Bonchev–Trinajstić information content (AvgIpc) is 3.14. The Bertz CT molecular complexity index is 1090. The highest BCUT2D eigenvalue weighted by atomic mass is 16.6. The average molecular weight is 772 g/mol. The summed E-state index contributed by atoms with van der Waals surface area (Å²) < 4.78 is 17.1. The summed E-state index contributed by atoms with van der Waals surface area (Å²) in [6, 6.07) is -0.737. The molecule has 0 saturated heterocycles. The number of carbonyl (C=O) groups is 3. The molecule has 0 aromatic carbocycles. The van der Waals surface area contributed by atoms with E-state index in [0.29, 0.717) is 6.42 Å². The van der Waals surface area contributed by atoms with Crippen LogP contribution in [0.15, 0.2) is 60.8 Å². The van der Waals surface area contributed by atoms with E-state index in [4.69, 9.17) is 14.2 Å². The van der Waals surface area contributed by atoms with E-state index < -0.39 is 18.1 Å². The fourth-order valence-electron chi connectivity index (χ4n) is 5.94. The second-order valence-corrected chi connectivity index (χ2v) is 15.6. The number of esters is 2. The summed E-state index contributed by atoms with van der Waals surface area (Å²) in [7, 11) is 5.38. The van der Waals surface area contributed by atoms with E-state index in [1.54, 1.807) is 21.1 Å². The van der Waals surface area contributed by atoms with Crippen molar-refractivity contribution in [2.45, 2.75) is 180 Å². The summed E-state index contributed by atoms with van der Waals surface area (Å²) in [6.07, 6.45) is 45.4. The summed E-state index contributed by atoms with van der Waals surface area (Å²) >= 11 is 0. The van der Waals surface area contributed by atoms with Gasteiger partial charge < -0.3 is 28.6 Å². The number of nitrogens with zero attached hydrogens (tertiary/aromatic N) is 1. The van der Waals surface area contributed by atoms with E-state index in [9.17, 15) is 19.5 Å². The van der Waals surface area contributed by atoms with E-state index in [2.05, 4.69) is 74.6 Å². The van der Waals surface area contributed by atoms with Crippen LogP contribution in [0.2, 0.25) is 0 Å². The van der Waals surface area contributed by atoms with Gasteiger partial charge in [0.15, 0.2) is 6.10 Å². The zero-order chi connectivity index (χ0) is 40.7. The third kappa shape index (κ3) is 36.4. The van der Waals surface area contributed by atoms with Crippen LogP contribution in [0, 0.1) is 0 Å². The Labute approximate surface area is 337 Å². The van der Waals surface area contributed by atoms with Crippen LogP contribution in [0.3, 0.4) is 0 Å². The lowest BCUT2D eigenvalue weighted by Gasteiger charge is -2.34. The molecule has 0 rings (SSSR count). The predicted octanol–water partition coefficient (Wildman–Crippen LogP) is 10.5. The van der Waals surface area contributed by atoms with E-state index in [1.165, 1.54) is 70.6 Å². The van der Waals surface area contributed by atoms with Gasteiger partial charge in [0.2, 0.25) is 0 Å². The molecule has 0 radical (unpaired) electrons. The maximum atomic E-state index is 12.7. The monoisotopic (exact) mass is 772 g/mol. The Morgan fingerprint density at radius 2 is 0.982 bits per heavy atom. The van der Waals surface area contributed by atoms with Gasteiger partial charge in [-0.1, -0.05) is 132 Å². The van der Waals surface area contributed by atoms with Gasteiger partial charge in [0.05, 0.1) is 40.3 Å². The smallest absolute Gasteiger partial charge is 0.306 e. The van der Waals surface area contributed by atoms with Crippen molar-refractivity contribution in [1.82, 2.24) is 0 Å². The van der Waals surface area contributed by atoms with Gasteiger partial charge in [-0.25, -0.2) is 0 Å². The third-order valence-electron chi connectivity index (χ3n) is 9.38. The minimum atomic E-state index is -1.14. The highest BCUT2D eigenvalue weighted by Gasteiger charge is 2.25. The van der Waals surface area contributed by atoms with Crippen molar-refractivity contribution in [2.75, 3.05) is 41.0 Å². The Kier molecular flexibility index (Phi) is 35.9. The molecular formula is C47H81NO7. The molecule has 0 heterocycles. The number of ether oxygens (including phenoxy) is 3. The van der Waals surface area contributed by atoms with Gasteiger partial charge in [0.25, 0.3) is 0 Å². The lowest BCUT2D eigenvalue weighted by molar-refractivity contribution is -0.889. The fourth-order valence-corrected chi connectivity index (χ4v) is 5.94. The number of carboxylic acids is 1. The molecule has 0 bridgehead atoms. The molecule has 0 spiro atoms. The van der Waals surface area contributed by atoms with Crippen molar-refractivity contribution >= 4 is 17.9 Å². The number of allylic oxidation sites excluding steroid dienone is 10. The highest BCUT2D eigenvalue weighted by Crippen LogP contribution is 2.12. The Morgan fingerprint density at radius 3 is 1.53 bits per heavy atom. The van der Waals surface area contributed by atoms with Crippen LogP contribution < -0.4 is 5.11 Å². The van der Waals surface area contributed by atoms with Crippen LogP contribution in [0.4, 0.5) is 0 Å². The number of carbonyl (C=O) groups excluding carboxylic acids is 3. The molecule has 0 amide bonds. The van der Waals surface area contributed by atoms with E-state index in [0.717, 1.165) is 57.8 Å². The van der Waals surface area contributed by atoms with Crippen LogP contribution in [-0.4, -0.2) is 75.5 Å². The summed E-state index contributed by atoms with van der Waals surface area (Å²) in [4.78, 5) is 36.8. The maximum absolute atomic E-state index is 12.7. The highest BCUT2D eigenvalue weighted by molar-refractivity contribution is 5.70. The summed E-state index contributed by atoms with van der Waals surface area (Å²) in [5, 5.41) is 11.6. The summed E-state index contributed by atoms with van der Waals surface area (Å²) in [5.41, 5.74) is 0. The van der Waals surface area contributed by atoms with Crippen molar-refractivity contribution in [3.8, 4) is 0 Å². The molecule has 2 atom stereocenters. The van der Waals surface area contributed by atoms with Gasteiger partial charge in [-0.05, 0) is 77.0 Å². The summed E-state index contributed by atoms with van der Waals surface area (Å²) in [6.45, 7) is 4.54. The Hall–Kier alpha value is -2.97. The van der Waals surface area contributed by atoms with Crippen LogP contribution in [0.5, 0.6) is 0 Å². The van der Waals surface area contributed by atoms with Gasteiger partial charge in [-0.15, -0.1) is 0 Å². The van der Waals surface area contributed by atoms with E-state index in [-0.39, 0.29) is 55.5 Å². The molecule has 8 heteroatoms. The second-order valence-electron chi connectivity index (χ2n) is 15.6.